The maximum atomic E-state index is 13.0. The van der Waals surface area contributed by atoms with Gasteiger partial charge in [0.05, 0.1) is 23.2 Å². The largest absolute Gasteiger partial charge is 0.339 e. The lowest BCUT2D eigenvalue weighted by Gasteiger charge is -2.25. The van der Waals surface area contributed by atoms with Crippen LogP contribution in [-0.4, -0.2) is 28.7 Å². The summed E-state index contributed by atoms with van der Waals surface area (Å²) in [5.74, 6) is -0.213. The number of rotatable bonds is 7. The number of nitrogens with one attached hydrogen (secondary N) is 1. The molecule has 5 nitrogen and oxygen atoms in total. The zero-order valence-corrected chi connectivity index (χ0v) is 20.4. The van der Waals surface area contributed by atoms with Crippen molar-refractivity contribution in [2.45, 2.75) is 19.4 Å². The lowest BCUT2D eigenvalue weighted by atomic mass is 10.1. The maximum Gasteiger partial charge on any atom is 0.255 e. The monoisotopic (exact) mass is 489 g/mol. The highest BCUT2D eigenvalue weighted by Gasteiger charge is 2.20. The normalized spacial score (nSPS) is 11.6. The SMILES string of the molecule is CC(c1cccc(NC(=O)c2ccccc2)c1)N(C)C(=O)Cc1csc(-c2ccccc2Cl)n1. The minimum Gasteiger partial charge on any atom is -0.339 e. The molecule has 1 N–H and O–H groups in total. The molecule has 0 bridgehead atoms. The Morgan fingerprint density at radius 2 is 1.76 bits per heavy atom. The van der Waals surface area contributed by atoms with Gasteiger partial charge in [-0.15, -0.1) is 11.3 Å². The first-order valence-electron chi connectivity index (χ1n) is 10.8. The summed E-state index contributed by atoms with van der Waals surface area (Å²) in [6, 6.07) is 24.0. The van der Waals surface area contributed by atoms with E-state index in [-0.39, 0.29) is 24.3 Å². The van der Waals surface area contributed by atoms with E-state index in [4.69, 9.17) is 11.6 Å². The number of halogens is 1. The summed E-state index contributed by atoms with van der Waals surface area (Å²) in [5.41, 5.74) is 3.78. The van der Waals surface area contributed by atoms with Crippen molar-refractivity contribution in [2.24, 2.45) is 0 Å². The van der Waals surface area contributed by atoms with Crippen LogP contribution in [0, 0.1) is 0 Å². The van der Waals surface area contributed by atoms with E-state index in [0.29, 0.717) is 22.0 Å². The molecule has 1 heterocycles. The second-order valence-electron chi connectivity index (χ2n) is 7.93. The molecule has 4 rings (SSSR count). The van der Waals surface area contributed by atoms with E-state index >= 15 is 0 Å². The van der Waals surface area contributed by atoms with Gasteiger partial charge < -0.3 is 10.2 Å². The zero-order valence-electron chi connectivity index (χ0n) is 18.9. The quantitative estimate of drug-likeness (QED) is 0.323. The fourth-order valence-corrected chi connectivity index (χ4v) is 4.67. The highest BCUT2D eigenvalue weighted by atomic mass is 35.5. The van der Waals surface area contributed by atoms with Gasteiger partial charge in [-0.1, -0.05) is 60.1 Å². The third-order valence-electron chi connectivity index (χ3n) is 5.63. The molecule has 0 saturated heterocycles. The number of anilines is 1. The Morgan fingerprint density at radius 1 is 1.03 bits per heavy atom. The van der Waals surface area contributed by atoms with Crippen molar-refractivity contribution in [1.82, 2.24) is 9.88 Å². The second kappa shape index (κ2) is 10.6. The van der Waals surface area contributed by atoms with Gasteiger partial charge in [-0.2, -0.15) is 0 Å². The first-order chi connectivity index (χ1) is 16.4. The van der Waals surface area contributed by atoms with Gasteiger partial charge in [0.2, 0.25) is 5.91 Å². The number of hydrogen-bond donors (Lipinski definition) is 1. The summed E-state index contributed by atoms with van der Waals surface area (Å²) in [5, 5.41) is 6.26. The van der Waals surface area contributed by atoms with Crippen LogP contribution in [0.4, 0.5) is 5.69 Å². The van der Waals surface area contributed by atoms with Crippen molar-refractivity contribution in [3.8, 4) is 10.6 Å². The summed E-state index contributed by atoms with van der Waals surface area (Å²) in [7, 11) is 1.78. The summed E-state index contributed by atoms with van der Waals surface area (Å²) in [4.78, 5) is 31.8. The summed E-state index contributed by atoms with van der Waals surface area (Å²) < 4.78 is 0. The molecule has 1 unspecified atom stereocenters. The standard InChI is InChI=1S/C27H24ClN3O2S/c1-18(20-11-8-12-21(15-20)29-26(33)19-9-4-3-5-10-19)31(2)25(32)16-22-17-34-27(30-22)23-13-6-7-14-24(23)28/h3-15,17-18H,16H2,1-2H3,(H,29,33). The fraction of sp³-hybridized carbons (Fsp3) is 0.148. The van der Waals surface area contributed by atoms with E-state index in [2.05, 4.69) is 10.3 Å². The molecule has 7 heteroatoms. The number of nitrogens with zero attached hydrogens (tertiary/aromatic N) is 2. The van der Waals surface area contributed by atoms with E-state index < -0.39 is 0 Å². The molecule has 34 heavy (non-hydrogen) atoms. The Bertz CT molecular complexity index is 1310. The fourth-order valence-electron chi connectivity index (χ4n) is 3.53. The van der Waals surface area contributed by atoms with E-state index in [9.17, 15) is 9.59 Å². The smallest absolute Gasteiger partial charge is 0.255 e. The molecule has 1 atom stereocenters. The van der Waals surface area contributed by atoms with E-state index in [1.54, 1.807) is 24.1 Å². The first kappa shape index (κ1) is 23.7. The Kier molecular flexibility index (Phi) is 7.40. The predicted molar refractivity (Wildman–Crippen MR) is 138 cm³/mol. The van der Waals surface area contributed by atoms with Crippen LogP contribution in [0.5, 0.6) is 0 Å². The van der Waals surface area contributed by atoms with Crippen molar-refractivity contribution in [3.05, 3.63) is 106 Å². The van der Waals surface area contributed by atoms with Crippen molar-refractivity contribution < 1.29 is 9.59 Å². The summed E-state index contributed by atoms with van der Waals surface area (Å²) in [6.45, 7) is 1.96. The number of likely N-dealkylation sites (N-methyl/N-ethyl adjacent to an activating group) is 1. The Hall–Kier alpha value is -3.48. The molecule has 3 aromatic carbocycles. The van der Waals surface area contributed by atoms with Crippen LogP contribution in [0.1, 0.15) is 34.6 Å². The molecule has 4 aromatic rings. The average molecular weight is 490 g/mol. The average Bonchev–Trinajstić information content (AvgIpc) is 3.32. The van der Waals surface area contributed by atoms with E-state index in [1.807, 2.05) is 79.0 Å². The molecule has 172 valence electrons. The molecular formula is C27H24ClN3O2S. The number of aromatic nitrogens is 1. The molecule has 0 aliphatic carbocycles. The Balaban J connectivity index is 1.42. The van der Waals surface area contributed by atoms with Crippen LogP contribution >= 0.6 is 22.9 Å². The minimum absolute atomic E-state index is 0.0396. The molecule has 2 amide bonds. The summed E-state index contributed by atoms with van der Waals surface area (Å²) in [6.07, 6.45) is 0.201. The first-order valence-corrected chi connectivity index (χ1v) is 12.1. The van der Waals surface area contributed by atoms with Gasteiger partial charge >= 0.3 is 0 Å². The molecule has 0 spiro atoms. The lowest BCUT2D eigenvalue weighted by Crippen LogP contribution is -2.31. The van der Waals surface area contributed by atoms with Gasteiger partial charge in [-0.25, -0.2) is 4.98 Å². The predicted octanol–water partition coefficient (Wildman–Crippen LogP) is 6.48. The van der Waals surface area contributed by atoms with E-state index in [0.717, 1.165) is 16.1 Å². The molecule has 0 saturated carbocycles. The third-order valence-corrected chi connectivity index (χ3v) is 6.88. The maximum absolute atomic E-state index is 13.0. The Labute approximate surface area is 208 Å². The van der Waals surface area contributed by atoms with Crippen molar-refractivity contribution in [3.63, 3.8) is 0 Å². The third kappa shape index (κ3) is 5.53. The van der Waals surface area contributed by atoms with Crippen LogP contribution in [0.25, 0.3) is 10.6 Å². The van der Waals surface area contributed by atoms with Gasteiger partial charge in [-0.05, 0) is 42.8 Å². The van der Waals surface area contributed by atoms with Gasteiger partial charge in [0.15, 0.2) is 0 Å². The molecular weight excluding hydrogens is 466 g/mol. The number of carbonyl (C=O) groups excluding carboxylic acids is 2. The minimum atomic E-state index is -0.178. The molecule has 0 radical (unpaired) electrons. The van der Waals surface area contributed by atoms with Crippen molar-refractivity contribution in [1.29, 1.82) is 0 Å². The van der Waals surface area contributed by atoms with Crippen molar-refractivity contribution in [2.75, 3.05) is 12.4 Å². The van der Waals surface area contributed by atoms with Crippen LogP contribution in [0.3, 0.4) is 0 Å². The highest BCUT2D eigenvalue weighted by molar-refractivity contribution is 7.13. The number of carbonyl (C=O) groups is 2. The molecule has 0 fully saturated rings. The van der Waals surface area contributed by atoms with Crippen LogP contribution in [0.15, 0.2) is 84.2 Å². The summed E-state index contributed by atoms with van der Waals surface area (Å²) >= 11 is 7.75. The number of hydrogen-bond acceptors (Lipinski definition) is 4. The number of benzene rings is 3. The van der Waals surface area contributed by atoms with Gasteiger partial charge in [0, 0.05) is 29.2 Å². The molecule has 0 aliphatic heterocycles. The zero-order chi connectivity index (χ0) is 24.1. The topological polar surface area (TPSA) is 62.3 Å². The second-order valence-corrected chi connectivity index (χ2v) is 9.19. The van der Waals surface area contributed by atoms with Crippen LogP contribution < -0.4 is 5.32 Å². The van der Waals surface area contributed by atoms with Crippen LogP contribution in [-0.2, 0) is 11.2 Å². The van der Waals surface area contributed by atoms with Gasteiger partial charge in [-0.3, -0.25) is 9.59 Å². The van der Waals surface area contributed by atoms with Gasteiger partial charge in [0.1, 0.15) is 5.01 Å². The molecule has 0 aliphatic rings. The van der Waals surface area contributed by atoms with Crippen LogP contribution in [0.2, 0.25) is 5.02 Å². The lowest BCUT2D eigenvalue weighted by molar-refractivity contribution is -0.131. The Morgan fingerprint density at radius 3 is 2.53 bits per heavy atom. The number of thiazole rings is 1. The number of amides is 2. The van der Waals surface area contributed by atoms with Gasteiger partial charge in [0.25, 0.3) is 5.91 Å². The molecule has 1 aromatic heterocycles. The highest BCUT2D eigenvalue weighted by Crippen LogP contribution is 2.30. The van der Waals surface area contributed by atoms with Crippen molar-refractivity contribution >= 4 is 40.4 Å². The van der Waals surface area contributed by atoms with E-state index in [1.165, 1.54) is 11.3 Å².